The lowest BCUT2D eigenvalue weighted by atomic mass is 9.79. The molecule has 0 saturated heterocycles. The fraction of sp³-hybridized carbons (Fsp3) is 0.286. The number of nitrogens with zero attached hydrogens (tertiary/aromatic N) is 4. The summed E-state index contributed by atoms with van der Waals surface area (Å²) in [6.45, 7) is 4.74. The quantitative estimate of drug-likeness (QED) is 0.376. The molecule has 1 aliphatic carbocycles. The van der Waals surface area contributed by atoms with E-state index in [-0.39, 0.29) is 17.9 Å². The Morgan fingerprint density at radius 2 is 2.00 bits per heavy atom. The van der Waals surface area contributed by atoms with E-state index < -0.39 is 0 Å². The number of fused-ring (bicyclic) bond motifs is 1. The first-order valence-electron chi connectivity index (χ1n) is 12.2. The van der Waals surface area contributed by atoms with Crippen molar-refractivity contribution in [2.75, 3.05) is 11.9 Å². The van der Waals surface area contributed by atoms with E-state index in [0.717, 1.165) is 33.8 Å². The maximum atomic E-state index is 12.3. The van der Waals surface area contributed by atoms with E-state index in [4.69, 9.17) is 4.98 Å². The van der Waals surface area contributed by atoms with Gasteiger partial charge in [0, 0.05) is 52.6 Å². The lowest BCUT2D eigenvalue weighted by Crippen LogP contribution is -2.43. The molecule has 1 fully saturated rings. The van der Waals surface area contributed by atoms with Crippen LogP contribution in [0.15, 0.2) is 61.2 Å². The normalized spacial score (nSPS) is 16.4. The van der Waals surface area contributed by atoms with Crippen LogP contribution in [0, 0.1) is 0 Å². The smallest absolute Gasteiger partial charge is 0.251 e. The van der Waals surface area contributed by atoms with Crippen molar-refractivity contribution in [3.63, 3.8) is 0 Å². The Kier molecular flexibility index (Phi) is 5.34. The van der Waals surface area contributed by atoms with E-state index in [1.807, 2.05) is 53.4 Å². The first-order chi connectivity index (χ1) is 17.4. The third-order valence-electron chi connectivity index (χ3n) is 7.00. The van der Waals surface area contributed by atoms with Gasteiger partial charge in [0.15, 0.2) is 5.82 Å². The molecular weight excluding hydrogens is 452 g/mol. The van der Waals surface area contributed by atoms with Gasteiger partial charge in [-0.1, -0.05) is 13.8 Å². The van der Waals surface area contributed by atoms with Crippen LogP contribution in [0.25, 0.3) is 17.1 Å². The number of aliphatic hydroxyl groups excluding tert-OH is 1. The van der Waals surface area contributed by atoms with Gasteiger partial charge in [-0.05, 0) is 60.9 Å². The van der Waals surface area contributed by atoms with Crippen molar-refractivity contribution in [3.8, 4) is 17.1 Å². The van der Waals surface area contributed by atoms with Gasteiger partial charge < -0.3 is 20.3 Å². The fourth-order valence-corrected chi connectivity index (χ4v) is 4.75. The number of aromatic nitrogens is 4. The number of anilines is 2. The van der Waals surface area contributed by atoms with Gasteiger partial charge in [-0.15, -0.1) is 0 Å². The number of rotatable bonds is 6. The third kappa shape index (κ3) is 4.13. The lowest BCUT2D eigenvalue weighted by molar-refractivity contribution is 0.0930. The van der Waals surface area contributed by atoms with E-state index >= 15 is 0 Å². The van der Waals surface area contributed by atoms with E-state index in [0.29, 0.717) is 29.7 Å². The fourth-order valence-electron chi connectivity index (χ4n) is 4.75. The zero-order chi connectivity index (χ0) is 24.9. The summed E-state index contributed by atoms with van der Waals surface area (Å²) in [6, 6.07) is 13.4. The average Bonchev–Trinajstić information content (AvgIpc) is 3.63. The molecule has 36 heavy (non-hydrogen) atoms. The molecule has 4 aromatic rings. The molecule has 1 saturated carbocycles. The molecule has 3 N–H and O–H groups in total. The summed E-state index contributed by atoms with van der Waals surface area (Å²) in [5, 5.41) is 16.4. The number of amides is 1. The summed E-state index contributed by atoms with van der Waals surface area (Å²) in [7, 11) is 0. The molecule has 0 unspecified atom stereocenters. The molecule has 8 heteroatoms. The monoisotopic (exact) mass is 480 g/mol. The number of carbonyl (C=O) groups is 1. The van der Waals surface area contributed by atoms with Crippen LogP contribution in [-0.2, 0) is 12.0 Å². The van der Waals surface area contributed by atoms with Crippen molar-refractivity contribution in [3.05, 3.63) is 83.6 Å². The van der Waals surface area contributed by atoms with Crippen LogP contribution in [0.1, 0.15) is 59.8 Å². The number of aliphatic hydroxyl groups is 1. The zero-order valence-electron chi connectivity index (χ0n) is 20.3. The van der Waals surface area contributed by atoms with Crippen molar-refractivity contribution in [2.24, 2.45) is 0 Å². The predicted octanol–water partition coefficient (Wildman–Crippen LogP) is 4.46. The highest BCUT2D eigenvalue weighted by molar-refractivity contribution is 5.98. The molecule has 8 nitrogen and oxygen atoms in total. The van der Waals surface area contributed by atoms with Gasteiger partial charge in [-0.25, -0.2) is 15.0 Å². The molecule has 3 heterocycles. The van der Waals surface area contributed by atoms with Crippen LogP contribution in [0.4, 0.5) is 11.5 Å². The summed E-state index contributed by atoms with van der Waals surface area (Å²) in [4.78, 5) is 26.0. The molecule has 2 aromatic heterocycles. The van der Waals surface area contributed by atoms with Crippen molar-refractivity contribution >= 4 is 17.4 Å². The van der Waals surface area contributed by atoms with Crippen molar-refractivity contribution in [2.45, 2.75) is 44.6 Å². The van der Waals surface area contributed by atoms with Crippen LogP contribution < -0.4 is 10.6 Å². The molecule has 6 rings (SSSR count). The summed E-state index contributed by atoms with van der Waals surface area (Å²) >= 11 is 0. The highest BCUT2D eigenvalue weighted by Crippen LogP contribution is 2.39. The molecule has 0 radical (unpaired) electrons. The summed E-state index contributed by atoms with van der Waals surface area (Å²) in [5.41, 5.74) is 6.03. The number of carbonyl (C=O) groups excluding carboxylic acids is 1. The Labute approximate surface area is 209 Å². The highest BCUT2D eigenvalue weighted by atomic mass is 16.3. The van der Waals surface area contributed by atoms with Crippen molar-refractivity contribution in [1.82, 2.24) is 24.8 Å². The van der Waals surface area contributed by atoms with Gasteiger partial charge in [0.05, 0.1) is 24.3 Å². The largest absolute Gasteiger partial charge is 0.392 e. The molecule has 0 spiro atoms. The van der Waals surface area contributed by atoms with Gasteiger partial charge >= 0.3 is 0 Å². The van der Waals surface area contributed by atoms with Crippen LogP contribution in [0.3, 0.4) is 0 Å². The number of nitrogens with one attached hydrogen (secondary N) is 2. The van der Waals surface area contributed by atoms with Gasteiger partial charge in [0.25, 0.3) is 5.91 Å². The second kappa shape index (κ2) is 8.57. The zero-order valence-corrected chi connectivity index (χ0v) is 20.3. The Balaban J connectivity index is 1.27. The van der Waals surface area contributed by atoms with E-state index in [2.05, 4.69) is 40.6 Å². The second-order valence-corrected chi connectivity index (χ2v) is 10.2. The van der Waals surface area contributed by atoms with Crippen LogP contribution in [0.2, 0.25) is 0 Å². The minimum atomic E-state index is -0.158. The molecule has 182 valence electrons. The second-order valence-electron chi connectivity index (χ2n) is 10.2. The molecular formula is C28H28N6O2. The van der Waals surface area contributed by atoms with Gasteiger partial charge in [-0.3, -0.25) is 4.79 Å². The lowest BCUT2D eigenvalue weighted by Gasteiger charge is -2.32. The van der Waals surface area contributed by atoms with Crippen LogP contribution in [-0.4, -0.2) is 37.1 Å². The number of benzene rings is 2. The molecule has 1 amide bonds. The number of hydrogen-bond acceptors (Lipinski definition) is 6. The first-order valence-corrected chi connectivity index (χ1v) is 12.2. The van der Waals surface area contributed by atoms with Crippen molar-refractivity contribution in [1.29, 1.82) is 0 Å². The minimum Gasteiger partial charge on any atom is -0.392 e. The highest BCUT2D eigenvalue weighted by Gasteiger charge is 2.31. The molecule has 0 bridgehead atoms. The summed E-state index contributed by atoms with van der Waals surface area (Å²) < 4.78 is 1.97. The standard InChI is InChI=1S/C28H28N6O2/c1-28(2)15-30-27(36)21-7-6-20(12-22(21)28)32-25-9-10-29-26(33-25)18-5-8-24(19(11-18)14-35)34-13-23(31-16-34)17-3-4-17/h5-13,16-17,35H,3-4,14-15H2,1-2H3,(H,30,36)(H,29,32,33). The third-order valence-corrected chi connectivity index (χ3v) is 7.00. The Morgan fingerprint density at radius 1 is 1.14 bits per heavy atom. The topological polar surface area (TPSA) is 105 Å². The SMILES string of the molecule is CC1(C)CNC(=O)c2ccc(Nc3ccnc(-c4ccc(-n5cnc(C6CC6)c5)c(CO)c4)n3)cc21. The Hall–Kier alpha value is -4.04. The average molecular weight is 481 g/mol. The Morgan fingerprint density at radius 3 is 2.81 bits per heavy atom. The first kappa shape index (κ1) is 22.4. The molecule has 2 aromatic carbocycles. The molecule has 0 atom stereocenters. The minimum absolute atomic E-state index is 0.0391. The maximum Gasteiger partial charge on any atom is 0.251 e. The van der Waals surface area contributed by atoms with Gasteiger partial charge in [-0.2, -0.15) is 0 Å². The van der Waals surface area contributed by atoms with Gasteiger partial charge in [0.1, 0.15) is 5.82 Å². The van der Waals surface area contributed by atoms with E-state index in [9.17, 15) is 9.90 Å². The summed E-state index contributed by atoms with van der Waals surface area (Å²) in [5.74, 6) is 1.74. The molecule has 1 aliphatic heterocycles. The van der Waals surface area contributed by atoms with Crippen LogP contribution >= 0.6 is 0 Å². The summed E-state index contributed by atoms with van der Waals surface area (Å²) in [6.07, 6.45) is 7.97. The predicted molar refractivity (Wildman–Crippen MR) is 138 cm³/mol. The van der Waals surface area contributed by atoms with Crippen LogP contribution in [0.5, 0.6) is 0 Å². The van der Waals surface area contributed by atoms with E-state index in [1.54, 1.807) is 6.20 Å². The van der Waals surface area contributed by atoms with Gasteiger partial charge in [0.2, 0.25) is 0 Å². The van der Waals surface area contributed by atoms with E-state index in [1.165, 1.54) is 12.8 Å². The number of imidazole rings is 1. The maximum absolute atomic E-state index is 12.3. The Bertz CT molecular complexity index is 1470. The number of hydrogen-bond donors (Lipinski definition) is 3. The van der Waals surface area contributed by atoms with Crippen molar-refractivity contribution < 1.29 is 9.90 Å². The molecule has 2 aliphatic rings.